The average molecular weight is 264 g/mol. The number of nitrogens with zero attached hydrogens (tertiary/aromatic N) is 1. The van der Waals surface area contributed by atoms with E-state index in [0.717, 1.165) is 25.1 Å². The van der Waals surface area contributed by atoms with Crippen LogP contribution < -0.4 is 14.8 Å². The van der Waals surface area contributed by atoms with Crippen LogP contribution in [0, 0.1) is 0 Å². The SMILES string of the molecule is COc1ccc(CN2CCCNCC2=O)cc1OC. The summed E-state index contributed by atoms with van der Waals surface area (Å²) in [4.78, 5) is 13.8. The maximum atomic E-state index is 11.9. The van der Waals surface area contributed by atoms with Crippen molar-refractivity contribution in [1.29, 1.82) is 0 Å². The lowest BCUT2D eigenvalue weighted by atomic mass is 10.2. The van der Waals surface area contributed by atoms with Gasteiger partial charge < -0.3 is 19.7 Å². The molecule has 1 fully saturated rings. The molecule has 1 aliphatic rings. The molecule has 0 atom stereocenters. The minimum Gasteiger partial charge on any atom is -0.493 e. The molecule has 0 aromatic heterocycles. The molecule has 0 unspecified atom stereocenters. The first kappa shape index (κ1) is 13.7. The van der Waals surface area contributed by atoms with Gasteiger partial charge >= 0.3 is 0 Å². The fourth-order valence-electron chi connectivity index (χ4n) is 2.19. The summed E-state index contributed by atoms with van der Waals surface area (Å²) in [5.41, 5.74) is 1.05. The van der Waals surface area contributed by atoms with Gasteiger partial charge in [-0.05, 0) is 30.7 Å². The molecule has 0 radical (unpaired) electrons. The molecule has 1 aromatic carbocycles. The summed E-state index contributed by atoms with van der Waals surface area (Å²) in [6.45, 7) is 2.72. The third-order valence-electron chi connectivity index (χ3n) is 3.23. The van der Waals surface area contributed by atoms with E-state index >= 15 is 0 Å². The highest BCUT2D eigenvalue weighted by molar-refractivity contribution is 5.78. The summed E-state index contributed by atoms with van der Waals surface area (Å²) >= 11 is 0. The number of methoxy groups -OCH3 is 2. The Morgan fingerprint density at radius 3 is 2.79 bits per heavy atom. The van der Waals surface area contributed by atoms with Crippen molar-refractivity contribution >= 4 is 5.91 Å². The molecule has 19 heavy (non-hydrogen) atoms. The van der Waals surface area contributed by atoms with Gasteiger partial charge in [-0.3, -0.25) is 4.79 Å². The Morgan fingerprint density at radius 2 is 2.05 bits per heavy atom. The Bertz CT molecular complexity index is 448. The third-order valence-corrected chi connectivity index (χ3v) is 3.23. The van der Waals surface area contributed by atoms with Crippen LogP contribution in [0.15, 0.2) is 18.2 Å². The van der Waals surface area contributed by atoms with E-state index in [9.17, 15) is 4.79 Å². The maximum absolute atomic E-state index is 11.9. The molecule has 1 heterocycles. The standard InChI is InChI=1S/C14H20N2O3/c1-18-12-5-4-11(8-13(12)19-2)10-16-7-3-6-15-9-14(16)17/h4-5,8,15H,3,6-7,9-10H2,1-2H3. The summed E-state index contributed by atoms with van der Waals surface area (Å²) in [7, 11) is 3.23. The fraction of sp³-hybridized carbons (Fsp3) is 0.500. The van der Waals surface area contributed by atoms with Crippen LogP contribution in [0.5, 0.6) is 11.5 Å². The molecule has 5 nitrogen and oxygen atoms in total. The molecule has 2 rings (SSSR count). The Labute approximate surface area is 113 Å². The number of rotatable bonds is 4. The first-order valence-electron chi connectivity index (χ1n) is 6.44. The second kappa shape index (κ2) is 6.43. The molecule has 1 N–H and O–H groups in total. The van der Waals surface area contributed by atoms with Crippen LogP contribution in [-0.2, 0) is 11.3 Å². The lowest BCUT2D eigenvalue weighted by molar-refractivity contribution is -0.130. The third kappa shape index (κ3) is 3.38. The molecule has 0 bridgehead atoms. The maximum Gasteiger partial charge on any atom is 0.236 e. The first-order chi connectivity index (χ1) is 9.24. The van der Waals surface area contributed by atoms with Gasteiger partial charge in [0, 0.05) is 13.1 Å². The van der Waals surface area contributed by atoms with E-state index in [2.05, 4.69) is 5.32 Å². The molecule has 5 heteroatoms. The number of hydrogen-bond acceptors (Lipinski definition) is 4. The monoisotopic (exact) mass is 264 g/mol. The summed E-state index contributed by atoms with van der Waals surface area (Å²) < 4.78 is 10.5. The van der Waals surface area contributed by atoms with Crippen LogP contribution in [0.3, 0.4) is 0 Å². The highest BCUT2D eigenvalue weighted by atomic mass is 16.5. The van der Waals surface area contributed by atoms with Gasteiger partial charge in [-0.1, -0.05) is 6.07 Å². The normalized spacial score (nSPS) is 16.1. The van der Waals surface area contributed by atoms with Crippen molar-refractivity contribution in [2.24, 2.45) is 0 Å². The van der Waals surface area contributed by atoms with Gasteiger partial charge in [-0.2, -0.15) is 0 Å². The predicted molar refractivity (Wildman–Crippen MR) is 72.4 cm³/mol. The zero-order chi connectivity index (χ0) is 13.7. The van der Waals surface area contributed by atoms with Gasteiger partial charge in [0.2, 0.25) is 5.91 Å². The van der Waals surface area contributed by atoms with Gasteiger partial charge in [0.1, 0.15) is 0 Å². The van der Waals surface area contributed by atoms with Crippen molar-refractivity contribution < 1.29 is 14.3 Å². The van der Waals surface area contributed by atoms with Gasteiger partial charge in [0.15, 0.2) is 11.5 Å². The van der Waals surface area contributed by atoms with Crippen molar-refractivity contribution in [3.8, 4) is 11.5 Å². The highest BCUT2D eigenvalue weighted by Crippen LogP contribution is 2.28. The Hall–Kier alpha value is -1.75. The highest BCUT2D eigenvalue weighted by Gasteiger charge is 2.17. The van der Waals surface area contributed by atoms with Crippen molar-refractivity contribution in [1.82, 2.24) is 10.2 Å². The van der Waals surface area contributed by atoms with Gasteiger partial charge in [0.05, 0.1) is 20.8 Å². The van der Waals surface area contributed by atoms with E-state index in [0.29, 0.717) is 24.6 Å². The zero-order valence-electron chi connectivity index (χ0n) is 11.4. The van der Waals surface area contributed by atoms with E-state index in [1.54, 1.807) is 14.2 Å². The van der Waals surface area contributed by atoms with E-state index in [4.69, 9.17) is 9.47 Å². The summed E-state index contributed by atoms with van der Waals surface area (Å²) in [6, 6.07) is 5.76. The molecule has 1 aliphatic heterocycles. The Balaban J connectivity index is 2.11. The molecule has 0 spiro atoms. The Morgan fingerprint density at radius 1 is 1.26 bits per heavy atom. The van der Waals surface area contributed by atoms with Crippen molar-refractivity contribution in [3.63, 3.8) is 0 Å². The predicted octanol–water partition coefficient (Wildman–Crippen LogP) is 1.03. The lowest BCUT2D eigenvalue weighted by Crippen LogP contribution is -2.34. The molecular formula is C14H20N2O3. The van der Waals surface area contributed by atoms with Gasteiger partial charge in [-0.25, -0.2) is 0 Å². The van der Waals surface area contributed by atoms with E-state index in [-0.39, 0.29) is 5.91 Å². The number of hydrogen-bond donors (Lipinski definition) is 1. The number of ether oxygens (including phenoxy) is 2. The van der Waals surface area contributed by atoms with Crippen LogP contribution in [0.25, 0.3) is 0 Å². The summed E-state index contributed by atoms with van der Waals surface area (Å²) in [5.74, 6) is 1.54. The van der Waals surface area contributed by atoms with Crippen LogP contribution >= 0.6 is 0 Å². The van der Waals surface area contributed by atoms with Crippen molar-refractivity contribution in [2.75, 3.05) is 33.9 Å². The second-order valence-corrected chi connectivity index (χ2v) is 4.53. The van der Waals surface area contributed by atoms with Crippen LogP contribution in [0.2, 0.25) is 0 Å². The lowest BCUT2D eigenvalue weighted by Gasteiger charge is -2.20. The number of carbonyl (C=O) groups is 1. The molecule has 104 valence electrons. The first-order valence-corrected chi connectivity index (χ1v) is 6.44. The average Bonchev–Trinajstić information content (AvgIpc) is 2.64. The smallest absolute Gasteiger partial charge is 0.236 e. The van der Waals surface area contributed by atoms with E-state index < -0.39 is 0 Å². The fourth-order valence-corrected chi connectivity index (χ4v) is 2.19. The van der Waals surface area contributed by atoms with Gasteiger partial charge in [-0.15, -0.1) is 0 Å². The minimum atomic E-state index is 0.146. The second-order valence-electron chi connectivity index (χ2n) is 4.53. The van der Waals surface area contributed by atoms with Gasteiger partial charge in [0.25, 0.3) is 0 Å². The van der Waals surface area contributed by atoms with Crippen molar-refractivity contribution in [3.05, 3.63) is 23.8 Å². The Kier molecular flexibility index (Phi) is 4.63. The molecule has 1 aromatic rings. The number of nitrogens with one attached hydrogen (secondary N) is 1. The van der Waals surface area contributed by atoms with E-state index in [1.165, 1.54) is 0 Å². The van der Waals surface area contributed by atoms with Crippen LogP contribution in [0.1, 0.15) is 12.0 Å². The van der Waals surface area contributed by atoms with Crippen molar-refractivity contribution in [2.45, 2.75) is 13.0 Å². The number of carbonyl (C=O) groups excluding carboxylic acids is 1. The molecule has 0 saturated carbocycles. The topological polar surface area (TPSA) is 50.8 Å². The van der Waals surface area contributed by atoms with E-state index in [1.807, 2.05) is 23.1 Å². The molecule has 0 aliphatic carbocycles. The molecular weight excluding hydrogens is 244 g/mol. The van der Waals surface area contributed by atoms with Crippen LogP contribution in [-0.4, -0.2) is 44.7 Å². The number of benzene rings is 1. The molecule has 1 amide bonds. The minimum absolute atomic E-state index is 0.146. The number of amides is 1. The molecule has 1 saturated heterocycles. The quantitative estimate of drug-likeness (QED) is 0.882. The largest absolute Gasteiger partial charge is 0.493 e. The summed E-state index contributed by atoms with van der Waals surface area (Å²) in [6.07, 6.45) is 0.985. The summed E-state index contributed by atoms with van der Waals surface area (Å²) in [5, 5.41) is 3.12. The van der Waals surface area contributed by atoms with Crippen LogP contribution in [0.4, 0.5) is 0 Å². The zero-order valence-corrected chi connectivity index (χ0v) is 11.4.